The van der Waals surface area contributed by atoms with Gasteiger partial charge in [0, 0.05) is 11.6 Å². The fraction of sp³-hybridized carbons (Fsp3) is 0.261. The molecule has 1 saturated carbocycles. The van der Waals surface area contributed by atoms with Gasteiger partial charge in [-0.3, -0.25) is 14.5 Å². The zero-order chi connectivity index (χ0) is 21.1. The Morgan fingerprint density at radius 3 is 2.57 bits per heavy atom. The monoisotopic (exact) mass is 408 g/mol. The van der Waals surface area contributed by atoms with E-state index in [0.29, 0.717) is 24.2 Å². The van der Waals surface area contributed by atoms with E-state index in [1.165, 1.54) is 23.1 Å². The molecule has 154 valence electrons. The largest absolute Gasteiger partial charge is 0.452 e. The molecule has 4 rings (SSSR count). The predicted molar refractivity (Wildman–Crippen MR) is 110 cm³/mol. The predicted octanol–water partition coefficient (Wildman–Crippen LogP) is 3.68. The maximum Gasteiger partial charge on any atom is 0.331 e. The van der Waals surface area contributed by atoms with Gasteiger partial charge in [-0.05, 0) is 37.1 Å². The number of esters is 1. The molecule has 2 aromatic carbocycles. The highest BCUT2D eigenvalue weighted by Crippen LogP contribution is 2.45. The standard InChI is InChI=1S/C23H21FN2O4/c24-17-8-2-1-7-16(17)11-12-21(28)30-15-20(27)26-19-10-4-3-9-18(19)25-22(29)23(26)13-5-6-14-23/h1-4,7-12H,5-6,13-15H2,(H,25,29)/b12-11+. The Morgan fingerprint density at radius 2 is 1.80 bits per heavy atom. The van der Waals surface area contributed by atoms with Crippen LogP contribution in [0, 0.1) is 5.82 Å². The first-order chi connectivity index (χ1) is 14.5. The number of nitrogens with one attached hydrogen (secondary N) is 1. The van der Waals surface area contributed by atoms with Gasteiger partial charge in [0.05, 0.1) is 11.4 Å². The number of rotatable bonds is 4. The molecule has 0 unspecified atom stereocenters. The van der Waals surface area contributed by atoms with E-state index in [-0.39, 0.29) is 11.5 Å². The van der Waals surface area contributed by atoms with Crippen LogP contribution in [0.5, 0.6) is 0 Å². The van der Waals surface area contributed by atoms with Gasteiger partial charge in [0.2, 0.25) is 0 Å². The molecular weight excluding hydrogens is 387 g/mol. The number of hydrogen-bond donors (Lipinski definition) is 1. The van der Waals surface area contributed by atoms with E-state index in [0.717, 1.165) is 18.9 Å². The Hall–Kier alpha value is -3.48. The lowest BCUT2D eigenvalue weighted by Crippen LogP contribution is -2.61. The molecule has 7 heteroatoms. The number of hydrogen-bond acceptors (Lipinski definition) is 4. The van der Waals surface area contributed by atoms with Crippen molar-refractivity contribution in [2.75, 3.05) is 16.8 Å². The van der Waals surface area contributed by atoms with Crippen LogP contribution in [0.2, 0.25) is 0 Å². The first kappa shape index (κ1) is 19.8. The third-order valence-corrected chi connectivity index (χ3v) is 5.57. The summed E-state index contributed by atoms with van der Waals surface area (Å²) in [6.07, 6.45) is 5.16. The van der Waals surface area contributed by atoms with Crippen LogP contribution in [0.25, 0.3) is 6.08 Å². The van der Waals surface area contributed by atoms with E-state index >= 15 is 0 Å². The van der Waals surface area contributed by atoms with Gasteiger partial charge in [-0.15, -0.1) is 0 Å². The highest BCUT2D eigenvalue weighted by atomic mass is 19.1. The molecule has 1 aliphatic carbocycles. The summed E-state index contributed by atoms with van der Waals surface area (Å²) in [7, 11) is 0. The number of fused-ring (bicyclic) bond motifs is 1. The molecule has 0 saturated heterocycles. The molecule has 2 aromatic rings. The van der Waals surface area contributed by atoms with Crippen LogP contribution in [0.3, 0.4) is 0 Å². The molecular formula is C23H21FN2O4. The fourth-order valence-corrected chi connectivity index (χ4v) is 4.14. The van der Waals surface area contributed by atoms with E-state index in [1.54, 1.807) is 36.4 Å². The number of anilines is 2. The molecule has 6 nitrogen and oxygen atoms in total. The first-order valence-electron chi connectivity index (χ1n) is 9.84. The van der Waals surface area contributed by atoms with Gasteiger partial charge in [-0.2, -0.15) is 0 Å². The molecule has 1 fully saturated rings. The summed E-state index contributed by atoms with van der Waals surface area (Å²) in [5.41, 5.74) is 0.439. The number of nitrogens with zero attached hydrogens (tertiary/aromatic N) is 1. The molecule has 1 heterocycles. The molecule has 1 spiro atoms. The Balaban J connectivity index is 1.51. The van der Waals surface area contributed by atoms with Gasteiger partial charge in [-0.25, -0.2) is 9.18 Å². The molecule has 2 amide bonds. The van der Waals surface area contributed by atoms with Gasteiger partial charge >= 0.3 is 5.97 Å². The van der Waals surface area contributed by atoms with Crippen molar-refractivity contribution >= 4 is 35.2 Å². The van der Waals surface area contributed by atoms with Crippen LogP contribution in [0.15, 0.2) is 54.6 Å². The summed E-state index contributed by atoms with van der Waals surface area (Å²) in [4.78, 5) is 39.5. The first-order valence-corrected chi connectivity index (χ1v) is 9.84. The minimum absolute atomic E-state index is 0.210. The van der Waals surface area contributed by atoms with Gasteiger partial charge in [0.15, 0.2) is 6.61 Å². The summed E-state index contributed by atoms with van der Waals surface area (Å²) >= 11 is 0. The molecule has 1 aliphatic heterocycles. The lowest BCUT2D eigenvalue weighted by atomic mass is 9.90. The van der Waals surface area contributed by atoms with Crippen LogP contribution in [0.1, 0.15) is 31.2 Å². The molecule has 1 N–H and O–H groups in total. The molecule has 30 heavy (non-hydrogen) atoms. The van der Waals surface area contributed by atoms with E-state index in [1.807, 2.05) is 0 Å². The van der Waals surface area contributed by atoms with E-state index < -0.39 is 29.8 Å². The maximum absolute atomic E-state index is 13.6. The number of para-hydroxylation sites is 2. The second-order valence-electron chi connectivity index (χ2n) is 7.40. The Kier molecular flexibility index (Phi) is 5.35. The highest BCUT2D eigenvalue weighted by molar-refractivity contribution is 6.15. The zero-order valence-electron chi connectivity index (χ0n) is 16.3. The topological polar surface area (TPSA) is 75.7 Å². The van der Waals surface area contributed by atoms with Gasteiger partial charge in [0.25, 0.3) is 11.8 Å². The number of carbonyl (C=O) groups is 3. The number of halogens is 1. The average molecular weight is 408 g/mol. The summed E-state index contributed by atoms with van der Waals surface area (Å²) < 4.78 is 18.7. The average Bonchev–Trinajstić information content (AvgIpc) is 3.23. The van der Waals surface area contributed by atoms with E-state index in [2.05, 4.69) is 5.32 Å². The third kappa shape index (κ3) is 3.58. The summed E-state index contributed by atoms with van der Waals surface area (Å²) in [5.74, 6) is -1.90. The lowest BCUT2D eigenvalue weighted by Gasteiger charge is -2.44. The van der Waals surface area contributed by atoms with Crippen molar-refractivity contribution in [3.8, 4) is 0 Å². The van der Waals surface area contributed by atoms with Crippen molar-refractivity contribution in [1.29, 1.82) is 0 Å². The smallest absolute Gasteiger partial charge is 0.331 e. The molecule has 0 radical (unpaired) electrons. The van der Waals surface area contributed by atoms with E-state index in [4.69, 9.17) is 4.74 Å². The molecule has 0 aromatic heterocycles. The number of ether oxygens (including phenoxy) is 1. The van der Waals surface area contributed by atoms with Crippen LogP contribution < -0.4 is 10.2 Å². The third-order valence-electron chi connectivity index (χ3n) is 5.57. The normalized spacial score (nSPS) is 17.1. The van der Waals surface area contributed by atoms with Crippen molar-refractivity contribution in [2.24, 2.45) is 0 Å². The van der Waals surface area contributed by atoms with Crippen molar-refractivity contribution in [1.82, 2.24) is 0 Å². The zero-order valence-corrected chi connectivity index (χ0v) is 16.3. The SMILES string of the molecule is O=C(/C=C/c1ccccc1F)OCC(=O)N1c2ccccc2NC(=O)C12CCCC2. The van der Waals surface area contributed by atoms with Crippen molar-refractivity contribution < 1.29 is 23.5 Å². The second kappa shape index (κ2) is 8.10. The summed E-state index contributed by atoms with van der Waals surface area (Å²) in [6.45, 7) is -0.510. The Morgan fingerprint density at radius 1 is 1.10 bits per heavy atom. The van der Waals surface area contributed by atoms with Crippen molar-refractivity contribution in [3.05, 3.63) is 66.0 Å². The second-order valence-corrected chi connectivity index (χ2v) is 7.40. The van der Waals surface area contributed by atoms with Crippen LogP contribution >= 0.6 is 0 Å². The van der Waals surface area contributed by atoms with Crippen molar-refractivity contribution in [2.45, 2.75) is 31.2 Å². The number of amides is 2. The number of benzene rings is 2. The van der Waals surface area contributed by atoms with Crippen LogP contribution in [0.4, 0.5) is 15.8 Å². The van der Waals surface area contributed by atoms with Gasteiger partial charge in [0.1, 0.15) is 11.4 Å². The quantitative estimate of drug-likeness (QED) is 0.619. The van der Waals surface area contributed by atoms with Crippen molar-refractivity contribution in [3.63, 3.8) is 0 Å². The molecule has 2 aliphatic rings. The van der Waals surface area contributed by atoms with Gasteiger partial charge in [-0.1, -0.05) is 43.2 Å². The maximum atomic E-state index is 13.6. The summed E-state index contributed by atoms with van der Waals surface area (Å²) in [5, 5.41) is 2.90. The fourth-order valence-electron chi connectivity index (χ4n) is 4.14. The van der Waals surface area contributed by atoms with E-state index in [9.17, 15) is 18.8 Å². The Labute approximate surface area is 173 Å². The number of carbonyl (C=O) groups excluding carboxylic acids is 3. The molecule has 0 bridgehead atoms. The minimum atomic E-state index is -0.957. The van der Waals surface area contributed by atoms with Crippen LogP contribution in [-0.2, 0) is 19.1 Å². The molecule has 0 atom stereocenters. The van der Waals surface area contributed by atoms with Gasteiger partial charge < -0.3 is 10.1 Å². The highest BCUT2D eigenvalue weighted by Gasteiger charge is 2.52. The Bertz CT molecular complexity index is 1030. The minimum Gasteiger partial charge on any atom is -0.452 e. The lowest BCUT2D eigenvalue weighted by molar-refractivity contribution is -0.143. The van der Waals surface area contributed by atoms with Crippen LogP contribution in [-0.4, -0.2) is 29.9 Å². The summed E-state index contributed by atoms with van der Waals surface area (Å²) in [6, 6.07) is 13.1.